The van der Waals surface area contributed by atoms with Gasteiger partial charge in [0.1, 0.15) is 5.69 Å². The van der Waals surface area contributed by atoms with Gasteiger partial charge in [-0.25, -0.2) is 9.97 Å². The van der Waals surface area contributed by atoms with Crippen molar-refractivity contribution in [1.82, 2.24) is 9.97 Å². The summed E-state index contributed by atoms with van der Waals surface area (Å²) >= 11 is 0. The average molecular weight is 260 g/mol. The second-order valence-corrected chi connectivity index (χ2v) is 4.32. The lowest BCUT2D eigenvalue weighted by Crippen LogP contribution is -2.45. The summed E-state index contributed by atoms with van der Waals surface area (Å²) in [6.07, 6.45) is -0.456. The molecule has 4 nitrogen and oxygen atoms in total. The Bertz CT molecular complexity index is 408. The first-order valence-electron chi connectivity index (χ1n) is 5.89. The quantitative estimate of drug-likeness (QED) is 0.881. The lowest BCUT2D eigenvalue weighted by Gasteiger charge is -2.35. The van der Waals surface area contributed by atoms with E-state index in [1.165, 1.54) is 0 Å². The van der Waals surface area contributed by atoms with Crippen molar-refractivity contribution >= 4 is 5.95 Å². The van der Waals surface area contributed by atoms with E-state index in [1.54, 1.807) is 4.90 Å². The van der Waals surface area contributed by atoms with Crippen LogP contribution in [0.2, 0.25) is 0 Å². The highest BCUT2D eigenvalue weighted by Gasteiger charge is 2.34. The number of anilines is 1. The summed E-state index contributed by atoms with van der Waals surface area (Å²) in [6, 6.07) is 0.910. The highest BCUT2D eigenvalue weighted by Crippen LogP contribution is 2.29. The standard InChI is InChI=1S/C11H15F3N4/c12-11(13,14)9-4-5-16-10(17-9)18-6-2-1-3-8(18)7-15/h4-5,8H,1-3,6-7,15H2. The van der Waals surface area contributed by atoms with Crippen LogP contribution in [0.4, 0.5) is 19.1 Å². The maximum atomic E-state index is 12.6. The van der Waals surface area contributed by atoms with Gasteiger partial charge in [0.2, 0.25) is 5.95 Å². The van der Waals surface area contributed by atoms with Crippen molar-refractivity contribution in [2.75, 3.05) is 18.0 Å². The average Bonchev–Trinajstić information content (AvgIpc) is 2.38. The van der Waals surface area contributed by atoms with Crippen LogP contribution < -0.4 is 10.6 Å². The molecular weight excluding hydrogens is 245 g/mol. The molecule has 0 spiro atoms. The molecule has 0 radical (unpaired) electrons. The Kier molecular flexibility index (Phi) is 3.70. The molecule has 1 atom stereocenters. The Morgan fingerprint density at radius 3 is 2.83 bits per heavy atom. The lowest BCUT2D eigenvalue weighted by atomic mass is 10.0. The van der Waals surface area contributed by atoms with Crippen LogP contribution in [-0.4, -0.2) is 29.1 Å². The van der Waals surface area contributed by atoms with E-state index >= 15 is 0 Å². The molecule has 1 aliphatic heterocycles. The maximum Gasteiger partial charge on any atom is 0.433 e. The molecule has 1 saturated heterocycles. The molecule has 1 aromatic rings. The van der Waals surface area contributed by atoms with E-state index in [2.05, 4.69) is 9.97 Å². The van der Waals surface area contributed by atoms with Gasteiger partial charge >= 0.3 is 6.18 Å². The molecule has 0 aromatic carbocycles. The molecule has 7 heteroatoms. The first-order chi connectivity index (χ1) is 8.52. The molecule has 1 aliphatic rings. The van der Waals surface area contributed by atoms with Gasteiger partial charge in [0.15, 0.2) is 0 Å². The van der Waals surface area contributed by atoms with Crippen molar-refractivity contribution < 1.29 is 13.2 Å². The minimum atomic E-state index is -4.44. The summed E-state index contributed by atoms with van der Waals surface area (Å²) in [7, 11) is 0. The van der Waals surface area contributed by atoms with E-state index < -0.39 is 11.9 Å². The summed E-state index contributed by atoms with van der Waals surface area (Å²) in [6.45, 7) is 1.06. The first-order valence-corrected chi connectivity index (χ1v) is 5.89. The van der Waals surface area contributed by atoms with Gasteiger partial charge in [-0.2, -0.15) is 13.2 Å². The summed E-state index contributed by atoms with van der Waals surface area (Å²) in [5.74, 6) is 0.125. The van der Waals surface area contributed by atoms with Crippen LogP contribution in [0.25, 0.3) is 0 Å². The highest BCUT2D eigenvalue weighted by molar-refractivity contribution is 5.33. The van der Waals surface area contributed by atoms with Crippen LogP contribution in [-0.2, 0) is 6.18 Å². The Labute approximate surface area is 103 Å². The number of piperidine rings is 1. The fourth-order valence-corrected chi connectivity index (χ4v) is 2.15. The van der Waals surface area contributed by atoms with Crippen LogP contribution in [0.3, 0.4) is 0 Å². The number of nitrogens with zero attached hydrogens (tertiary/aromatic N) is 3. The van der Waals surface area contributed by atoms with Crippen LogP contribution in [0.15, 0.2) is 12.3 Å². The lowest BCUT2D eigenvalue weighted by molar-refractivity contribution is -0.141. The zero-order valence-electron chi connectivity index (χ0n) is 9.82. The molecular formula is C11H15F3N4. The van der Waals surface area contributed by atoms with Crippen LogP contribution >= 0.6 is 0 Å². The number of halogens is 3. The molecule has 2 rings (SSSR count). The van der Waals surface area contributed by atoms with Gasteiger partial charge in [-0.3, -0.25) is 0 Å². The summed E-state index contributed by atoms with van der Waals surface area (Å²) in [5, 5.41) is 0. The monoisotopic (exact) mass is 260 g/mol. The molecule has 1 aromatic heterocycles. The number of nitrogens with two attached hydrogens (primary N) is 1. The molecule has 0 aliphatic carbocycles. The highest BCUT2D eigenvalue weighted by atomic mass is 19.4. The van der Waals surface area contributed by atoms with Crippen molar-refractivity contribution in [1.29, 1.82) is 0 Å². The fraction of sp³-hybridized carbons (Fsp3) is 0.636. The molecule has 0 saturated carbocycles. The van der Waals surface area contributed by atoms with E-state index in [-0.39, 0.29) is 12.0 Å². The van der Waals surface area contributed by atoms with Crippen molar-refractivity contribution in [2.24, 2.45) is 5.73 Å². The van der Waals surface area contributed by atoms with Gasteiger partial charge in [-0.05, 0) is 25.3 Å². The van der Waals surface area contributed by atoms with Crippen LogP contribution in [0.5, 0.6) is 0 Å². The van der Waals surface area contributed by atoms with E-state index in [9.17, 15) is 13.2 Å². The zero-order valence-corrected chi connectivity index (χ0v) is 9.82. The topological polar surface area (TPSA) is 55.0 Å². The molecule has 1 fully saturated rings. The van der Waals surface area contributed by atoms with Gasteiger partial charge in [-0.15, -0.1) is 0 Å². The maximum absolute atomic E-state index is 12.6. The van der Waals surface area contributed by atoms with Gasteiger partial charge in [-0.1, -0.05) is 0 Å². The van der Waals surface area contributed by atoms with Crippen molar-refractivity contribution in [3.05, 3.63) is 18.0 Å². The number of hydrogen-bond donors (Lipinski definition) is 1. The number of aromatic nitrogens is 2. The molecule has 100 valence electrons. The molecule has 1 unspecified atom stereocenters. The summed E-state index contributed by atoms with van der Waals surface area (Å²) < 4.78 is 37.7. The number of alkyl halides is 3. The van der Waals surface area contributed by atoms with Gasteiger partial charge < -0.3 is 10.6 Å². The normalized spacial score (nSPS) is 21.1. The Morgan fingerprint density at radius 2 is 2.17 bits per heavy atom. The molecule has 2 N–H and O–H groups in total. The summed E-state index contributed by atoms with van der Waals surface area (Å²) in [4.78, 5) is 9.31. The van der Waals surface area contributed by atoms with E-state index in [4.69, 9.17) is 5.73 Å². The third-order valence-electron chi connectivity index (χ3n) is 3.09. The first kappa shape index (κ1) is 13.1. The Hall–Kier alpha value is -1.37. The van der Waals surface area contributed by atoms with E-state index in [1.807, 2.05) is 0 Å². The predicted octanol–water partition coefficient (Wildman–Crippen LogP) is 1.81. The van der Waals surface area contributed by atoms with Gasteiger partial charge in [0.25, 0.3) is 0 Å². The molecule has 2 heterocycles. The van der Waals surface area contributed by atoms with Crippen LogP contribution in [0.1, 0.15) is 25.0 Å². The fourth-order valence-electron chi connectivity index (χ4n) is 2.15. The molecule has 18 heavy (non-hydrogen) atoms. The van der Waals surface area contributed by atoms with E-state index in [0.29, 0.717) is 13.1 Å². The van der Waals surface area contributed by atoms with Crippen molar-refractivity contribution in [2.45, 2.75) is 31.5 Å². The van der Waals surface area contributed by atoms with Crippen molar-refractivity contribution in [3.63, 3.8) is 0 Å². The van der Waals surface area contributed by atoms with Crippen molar-refractivity contribution in [3.8, 4) is 0 Å². The SMILES string of the molecule is NCC1CCCCN1c1nccc(C(F)(F)F)n1. The third-order valence-corrected chi connectivity index (χ3v) is 3.09. The number of rotatable bonds is 2. The zero-order chi connectivity index (χ0) is 13.2. The molecule has 0 amide bonds. The number of hydrogen-bond acceptors (Lipinski definition) is 4. The third kappa shape index (κ3) is 2.72. The minimum absolute atomic E-state index is 0.0298. The largest absolute Gasteiger partial charge is 0.433 e. The Morgan fingerprint density at radius 1 is 1.39 bits per heavy atom. The van der Waals surface area contributed by atoms with Gasteiger partial charge in [0, 0.05) is 25.3 Å². The summed E-state index contributed by atoms with van der Waals surface area (Å²) in [5.41, 5.74) is 4.73. The second kappa shape index (κ2) is 5.09. The van der Waals surface area contributed by atoms with Gasteiger partial charge in [0.05, 0.1) is 0 Å². The van der Waals surface area contributed by atoms with E-state index in [0.717, 1.165) is 31.5 Å². The van der Waals surface area contributed by atoms with Crippen LogP contribution in [0, 0.1) is 0 Å². The smallest absolute Gasteiger partial charge is 0.337 e. The Balaban J connectivity index is 2.27. The second-order valence-electron chi connectivity index (χ2n) is 4.32. The minimum Gasteiger partial charge on any atom is -0.337 e. The molecule has 0 bridgehead atoms. The predicted molar refractivity (Wildman–Crippen MR) is 61.1 cm³/mol.